The van der Waals surface area contributed by atoms with Crippen molar-refractivity contribution in [1.82, 2.24) is 0 Å². The van der Waals surface area contributed by atoms with Crippen molar-refractivity contribution in [3.63, 3.8) is 0 Å². The summed E-state index contributed by atoms with van der Waals surface area (Å²) in [5, 5.41) is 0. The van der Waals surface area contributed by atoms with E-state index in [-0.39, 0.29) is 0 Å². The fraction of sp³-hybridized carbons (Fsp3) is 0.538. The van der Waals surface area contributed by atoms with Crippen LogP contribution in [-0.4, -0.2) is 45.7 Å². The summed E-state index contributed by atoms with van der Waals surface area (Å²) in [5.41, 5.74) is 0. The fourth-order valence-corrected chi connectivity index (χ4v) is 1.33. The van der Waals surface area contributed by atoms with Crippen molar-refractivity contribution < 1.29 is 18.9 Å². The standard InChI is InChI=1S/C13H18O4/c1-2-4-12(5-3-1)16-9-8-14-6-7-15-10-13-11-17-13/h1-5,13H,6-11H2. The molecule has 4 nitrogen and oxygen atoms in total. The average Bonchev–Trinajstić information content (AvgIpc) is 3.18. The predicted octanol–water partition coefficient (Wildman–Crippen LogP) is 1.50. The summed E-state index contributed by atoms with van der Waals surface area (Å²) in [5.74, 6) is 0.873. The molecule has 1 aromatic rings. The van der Waals surface area contributed by atoms with Gasteiger partial charge in [0, 0.05) is 0 Å². The molecule has 1 unspecified atom stereocenters. The lowest BCUT2D eigenvalue weighted by atomic mass is 10.3. The van der Waals surface area contributed by atoms with Crippen LogP contribution in [0, 0.1) is 0 Å². The first-order chi connectivity index (χ1) is 8.45. The molecule has 0 amide bonds. The van der Waals surface area contributed by atoms with Crippen LogP contribution in [0.15, 0.2) is 30.3 Å². The van der Waals surface area contributed by atoms with Crippen LogP contribution >= 0.6 is 0 Å². The molecule has 1 saturated heterocycles. The zero-order valence-electron chi connectivity index (χ0n) is 9.84. The minimum absolute atomic E-state index is 0.330. The molecule has 2 rings (SSSR count). The molecule has 0 bridgehead atoms. The number of hydrogen-bond acceptors (Lipinski definition) is 4. The van der Waals surface area contributed by atoms with Crippen LogP contribution in [0.2, 0.25) is 0 Å². The van der Waals surface area contributed by atoms with Crippen LogP contribution in [0.25, 0.3) is 0 Å². The van der Waals surface area contributed by atoms with E-state index >= 15 is 0 Å². The van der Waals surface area contributed by atoms with Gasteiger partial charge < -0.3 is 18.9 Å². The molecular weight excluding hydrogens is 220 g/mol. The van der Waals surface area contributed by atoms with Gasteiger partial charge in [-0.3, -0.25) is 0 Å². The van der Waals surface area contributed by atoms with E-state index in [2.05, 4.69) is 0 Å². The van der Waals surface area contributed by atoms with Gasteiger partial charge in [-0.25, -0.2) is 0 Å². The highest BCUT2D eigenvalue weighted by Gasteiger charge is 2.21. The molecule has 1 atom stereocenters. The van der Waals surface area contributed by atoms with Crippen molar-refractivity contribution in [3.05, 3.63) is 30.3 Å². The van der Waals surface area contributed by atoms with Gasteiger partial charge in [-0.05, 0) is 12.1 Å². The molecule has 0 aromatic heterocycles. The van der Waals surface area contributed by atoms with E-state index in [4.69, 9.17) is 18.9 Å². The van der Waals surface area contributed by atoms with E-state index < -0.39 is 0 Å². The van der Waals surface area contributed by atoms with E-state index in [1.807, 2.05) is 30.3 Å². The molecule has 4 heteroatoms. The lowest BCUT2D eigenvalue weighted by Gasteiger charge is -2.07. The number of ether oxygens (including phenoxy) is 4. The highest BCUT2D eigenvalue weighted by atomic mass is 16.6. The molecule has 1 fully saturated rings. The third-order valence-corrected chi connectivity index (χ3v) is 2.32. The van der Waals surface area contributed by atoms with Crippen molar-refractivity contribution in [2.24, 2.45) is 0 Å². The van der Waals surface area contributed by atoms with Crippen LogP contribution < -0.4 is 4.74 Å². The van der Waals surface area contributed by atoms with Crippen molar-refractivity contribution in [3.8, 4) is 5.75 Å². The molecule has 1 aliphatic heterocycles. The zero-order chi connectivity index (χ0) is 11.8. The highest BCUT2D eigenvalue weighted by molar-refractivity contribution is 5.20. The molecule has 94 valence electrons. The van der Waals surface area contributed by atoms with Gasteiger partial charge in [-0.2, -0.15) is 0 Å². The SMILES string of the molecule is c1ccc(OCCOCCOCC2CO2)cc1. The predicted molar refractivity (Wildman–Crippen MR) is 63.3 cm³/mol. The van der Waals surface area contributed by atoms with E-state index in [1.165, 1.54) is 0 Å². The monoisotopic (exact) mass is 238 g/mol. The second kappa shape index (κ2) is 7.27. The third kappa shape index (κ3) is 5.68. The second-order valence-electron chi connectivity index (χ2n) is 3.80. The number of para-hydroxylation sites is 1. The zero-order valence-corrected chi connectivity index (χ0v) is 9.84. The molecule has 0 saturated carbocycles. The van der Waals surface area contributed by atoms with Gasteiger partial charge in [-0.15, -0.1) is 0 Å². The van der Waals surface area contributed by atoms with Gasteiger partial charge in [0.05, 0.1) is 33.0 Å². The van der Waals surface area contributed by atoms with Crippen LogP contribution in [0.1, 0.15) is 0 Å². The van der Waals surface area contributed by atoms with Gasteiger partial charge >= 0.3 is 0 Å². The highest BCUT2D eigenvalue weighted by Crippen LogP contribution is 2.08. The topological polar surface area (TPSA) is 40.2 Å². The van der Waals surface area contributed by atoms with Crippen LogP contribution in [0.3, 0.4) is 0 Å². The van der Waals surface area contributed by atoms with Crippen LogP contribution in [-0.2, 0) is 14.2 Å². The summed E-state index contributed by atoms with van der Waals surface area (Å²) in [4.78, 5) is 0. The van der Waals surface area contributed by atoms with E-state index in [1.54, 1.807) is 0 Å². The Labute approximate surface area is 101 Å². The second-order valence-corrected chi connectivity index (χ2v) is 3.80. The Balaban J connectivity index is 1.38. The quantitative estimate of drug-likeness (QED) is 0.483. The summed E-state index contributed by atoms with van der Waals surface area (Å²) < 4.78 is 21.2. The van der Waals surface area contributed by atoms with E-state index in [0.29, 0.717) is 39.1 Å². The Morgan fingerprint density at radius 2 is 1.71 bits per heavy atom. The van der Waals surface area contributed by atoms with Crippen molar-refractivity contribution in [2.45, 2.75) is 6.10 Å². The Kier molecular flexibility index (Phi) is 5.29. The molecule has 0 spiro atoms. The Morgan fingerprint density at radius 3 is 2.47 bits per heavy atom. The molecule has 17 heavy (non-hydrogen) atoms. The summed E-state index contributed by atoms with van der Waals surface area (Å²) in [6, 6.07) is 9.72. The van der Waals surface area contributed by atoms with Gasteiger partial charge in [0.25, 0.3) is 0 Å². The van der Waals surface area contributed by atoms with Gasteiger partial charge in [0.2, 0.25) is 0 Å². The average molecular weight is 238 g/mol. The van der Waals surface area contributed by atoms with Gasteiger partial charge in [-0.1, -0.05) is 18.2 Å². The van der Waals surface area contributed by atoms with Crippen LogP contribution in [0.4, 0.5) is 0 Å². The largest absolute Gasteiger partial charge is 0.491 e. The number of rotatable bonds is 9. The van der Waals surface area contributed by atoms with Crippen molar-refractivity contribution >= 4 is 0 Å². The minimum atomic E-state index is 0.330. The summed E-state index contributed by atoms with van der Waals surface area (Å²) in [6.07, 6.45) is 0.330. The lowest BCUT2D eigenvalue weighted by molar-refractivity contribution is 0.0317. The van der Waals surface area contributed by atoms with Crippen molar-refractivity contribution in [2.75, 3.05) is 39.6 Å². The maximum atomic E-state index is 5.47. The van der Waals surface area contributed by atoms with E-state index in [9.17, 15) is 0 Å². The summed E-state index contributed by atoms with van der Waals surface area (Å²) in [7, 11) is 0. The third-order valence-electron chi connectivity index (χ3n) is 2.32. The van der Waals surface area contributed by atoms with Gasteiger partial charge in [0.15, 0.2) is 0 Å². The van der Waals surface area contributed by atoms with Crippen LogP contribution in [0.5, 0.6) is 5.75 Å². The van der Waals surface area contributed by atoms with Gasteiger partial charge in [0.1, 0.15) is 18.5 Å². The number of epoxide rings is 1. The minimum Gasteiger partial charge on any atom is -0.491 e. The van der Waals surface area contributed by atoms with E-state index in [0.717, 1.165) is 12.4 Å². The molecule has 0 N–H and O–H groups in total. The summed E-state index contributed by atoms with van der Waals surface area (Å²) >= 11 is 0. The Bertz CT molecular complexity index is 298. The molecule has 0 radical (unpaired) electrons. The maximum Gasteiger partial charge on any atom is 0.119 e. The first kappa shape index (κ1) is 12.4. The Hall–Kier alpha value is -1.10. The molecule has 1 heterocycles. The van der Waals surface area contributed by atoms with Crippen molar-refractivity contribution in [1.29, 1.82) is 0 Å². The summed E-state index contributed by atoms with van der Waals surface area (Å²) in [6.45, 7) is 3.89. The molecule has 0 aliphatic carbocycles. The lowest BCUT2D eigenvalue weighted by Crippen LogP contribution is -2.12. The molecule has 1 aromatic carbocycles. The first-order valence-corrected chi connectivity index (χ1v) is 5.90. The maximum absolute atomic E-state index is 5.47. The number of hydrogen-bond donors (Lipinski definition) is 0. The molecule has 1 aliphatic rings. The fourth-order valence-electron chi connectivity index (χ4n) is 1.33. The molecular formula is C13H18O4. The number of benzene rings is 1. The first-order valence-electron chi connectivity index (χ1n) is 5.90. The Morgan fingerprint density at radius 1 is 1.00 bits per heavy atom. The smallest absolute Gasteiger partial charge is 0.119 e. The normalized spacial score (nSPS) is 18.0.